The molecule has 3 rings (SSSR count). The Morgan fingerprint density at radius 2 is 2.05 bits per heavy atom. The first kappa shape index (κ1) is 14.0. The Kier molecular flexibility index (Phi) is 3.73. The summed E-state index contributed by atoms with van der Waals surface area (Å²) in [6, 6.07) is 14.4. The van der Waals surface area contributed by atoms with E-state index in [1.807, 2.05) is 30.3 Å². The standard InChI is InChI=1S/C16H12N4OS/c1-17-11-8-9-13-14(10-11)22-15(18-13)19-16(21)20(2)12-6-4-3-5-7-12/h3-10H,2H3,(H,18,19,21). The maximum atomic E-state index is 12.2. The van der Waals surface area contributed by atoms with Crippen LogP contribution in [0.15, 0.2) is 48.5 Å². The maximum Gasteiger partial charge on any atom is 0.327 e. The van der Waals surface area contributed by atoms with Crippen molar-refractivity contribution < 1.29 is 4.79 Å². The van der Waals surface area contributed by atoms with Crippen molar-refractivity contribution in [1.29, 1.82) is 0 Å². The average molecular weight is 308 g/mol. The smallest absolute Gasteiger partial charge is 0.297 e. The van der Waals surface area contributed by atoms with Gasteiger partial charge in [0.2, 0.25) is 0 Å². The first-order valence-corrected chi connectivity index (χ1v) is 7.37. The summed E-state index contributed by atoms with van der Waals surface area (Å²) in [5.41, 5.74) is 2.14. The molecule has 5 nitrogen and oxygen atoms in total. The molecular weight excluding hydrogens is 296 g/mol. The van der Waals surface area contributed by atoms with Crippen molar-refractivity contribution in [2.75, 3.05) is 17.3 Å². The topological polar surface area (TPSA) is 49.6 Å². The summed E-state index contributed by atoms with van der Waals surface area (Å²) in [6.45, 7) is 7.02. The molecule has 2 aromatic carbocycles. The van der Waals surface area contributed by atoms with Gasteiger partial charge in [-0.25, -0.2) is 14.6 Å². The maximum absolute atomic E-state index is 12.2. The fraction of sp³-hybridized carbons (Fsp3) is 0.0625. The first-order chi connectivity index (χ1) is 10.7. The minimum absolute atomic E-state index is 0.254. The van der Waals surface area contributed by atoms with Crippen LogP contribution in [0, 0.1) is 6.57 Å². The van der Waals surface area contributed by atoms with Gasteiger partial charge in [-0.1, -0.05) is 35.6 Å². The molecule has 6 heteroatoms. The number of hydrogen-bond acceptors (Lipinski definition) is 3. The molecule has 0 aliphatic carbocycles. The van der Waals surface area contributed by atoms with Crippen LogP contribution in [0.25, 0.3) is 15.1 Å². The minimum atomic E-state index is -0.254. The fourth-order valence-corrected chi connectivity index (χ4v) is 2.87. The van der Waals surface area contributed by atoms with Crippen LogP contribution in [-0.2, 0) is 0 Å². The summed E-state index contributed by atoms with van der Waals surface area (Å²) in [6.07, 6.45) is 0. The van der Waals surface area contributed by atoms with Crippen LogP contribution in [0.1, 0.15) is 0 Å². The van der Waals surface area contributed by atoms with Gasteiger partial charge in [0.05, 0.1) is 12.1 Å². The Balaban J connectivity index is 1.81. The first-order valence-electron chi connectivity index (χ1n) is 6.55. The van der Waals surface area contributed by atoms with Gasteiger partial charge < -0.3 is 0 Å². The van der Waals surface area contributed by atoms with Crippen molar-refractivity contribution in [2.45, 2.75) is 0 Å². The van der Waals surface area contributed by atoms with Gasteiger partial charge in [-0.15, -0.1) is 0 Å². The number of rotatable bonds is 2. The predicted octanol–water partition coefficient (Wildman–Crippen LogP) is 4.52. The molecule has 0 atom stereocenters. The number of thiazole rings is 1. The zero-order valence-corrected chi connectivity index (χ0v) is 12.6. The highest BCUT2D eigenvalue weighted by atomic mass is 32.1. The molecule has 1 aromatic heterocycles. The number of anilines is 2. The number of nitrogens with one attached hydrogen (secondary N) is 1. The number of urea groups is 1. The molecule has 0 bridgehead atoms. The Morgan fingerprint density at radius 3 is 2.77 bits per heavy atom. The third-order valence-electron chi connectivity index (χ3n) is 3.16. The molecule has 0 radical (unpaired) electrons. The van der Waals surface area contributed by atoms with Crippen LogP contribution in [0.4, 0.5) is 21.3 Å². The molecule has 108 valence electrons. The van der Waals surface area contributed by atoms with Gasteiger partial charge in [0.15, 0.2) is 10.8 Å². The van der Waals surface area contributed by atoms with E-state index in [0.29, 0.717) is 10.8 Å². The molecule has 0 aliphatic rings. The Labute approximate surface area is 131 Å². The van der Waals surface area contributed by atoms with Crippen LogP contribution in [-0.4, -0.2) is 18.1 Å². The molecular formula is C16H12N4OS. The van der Waals surface area contributed by atoms with Gasteiger partial charge in [-0.2, -0.15) is 0 Å². The van der Waals surface area contributed by atoms with E-state index in [4.69, 9.17) is 6.57 Å². The molecule has 0 saturated carbocycles. The van der Waals surface area contributed by atoms with Gasteiger partial charge in [-0.05, 0) is 24.3 Å². The molecule has 0 unspecified atom stereocenters. The molecule has 22 heavy (non-hydrogen) atoms. The molecule has 0 saturated heterocycles. The third kappa shape index (κ3) is 2.75. The number of benzene rings is 2. The highest BCUT2D eigenvalue weighted by Gasteiger charge is 2.13. The SMILES string of the molecule is [C-]#[N+]c1ccc2nc(NC(=O)N(C)c3ccccc3)sc2c1. The summed E-state index contributed by atoms with van der Waals surface area (Å²) < 4.78 is 0.881. The van der Waals surface area contributed by atoms with E-state index in [1.165, 1.54) is 16.2 Å². The van der Waals surface area contributed by atoms with E-state index in [9.17, 15) is 4.79 Å². The van der Waals surface area contributed by atoms with Crippen LogP contribution in [0.2, 0.25) is 0 Å². The highest BCUT2D eigenvalue weighted by molar-refractivity contribution is 7.22. The van der Waals surface area contributed by atoms with Gasteiger partial charge >= 0.3 is 6.03 Å². The lowest BCUT2D eigenvalue weighted by Crippen LogP contribution is -2.30. The summed E-state index contributed by atoms with van der Waals surface area (Å²) in [4.78, 5) is 21.5. The third-order valence-corrected chi connectivity index (χ3v) is 4.10. The molecule has 1 N–H and O–H groups in total. The Hall–Kier alpha value is -2.91. The van der Waals surface area contributed by atoms with Gasteiger partial charge in [0.25, 0.3) is 0 Å². The fourth-order valence-electron chi connectivity index (χ4n) is 1.98. The number of amides is 2. The van der Waals surface area contributed by atoms with Gasteiger partial charge in [-0.3, -0.25) is 10.2 Å². The molecule has 1 heterocycles. The van der Waals surface area contributed by atoms with Crippen molar-refractivity contribution in [3.8, 4) is 0 Å². The lowest BCUT2D eigenvalue weighted by atomic mass is 10.3. The number of nitrogens with zero attached hydrogens (tertiary/aromatic N) is 3. The second kappa shape index (κ2) is 5.84. The normalized spacial score (nSPS) is 10.2. The predicted molar refractivity (Wildman–Crippen MR) is 89.7 cm³/mol. The van der Waals surface area contributed by atoms with Crippen LogP contribution < -0.4 is 10.2 Å². The van der Waals surface area contributed by atoms with E-state index >= 15 is 0 Å². The second-order valence-electron chi connectivity index (χ2n) is 4.61. The Morgan fingerprint density at radius 1 is 1.27 bits per heavy atom. The van der Waals surface area contributed by atoms with Crippen LogP contribution in [0.3, 0.4) is 0 Å². The molecule has 0 aliphatic heterocycles. The summed E-state index contributed by atoms with van der Waals surface area (Å²) >= 11 is 1.35. The number of hydrogen-bond donors (Lipinski definition) is 1. The zero-order valence-electron chi connectivity index (χ0n) is 11.8. The largest absolute Gasteiger partial charge is 0.327 e. The highest BCUT2D eigenvalue weighted by Crippen LogP contribution is 2.29. The number of aromatic nitrogens is 1. The molecule has 0 fully saturated rings. The van der Waals surface area contributed by atoms with E-state index < -0.39 is 0 Å². The van der Waals surface area contributed by atoms with Gasteiger partial charge in [0, 0.05) is 17.4 Å². The van der Waals surface area contributed by atoms with Crippen LogP contribution in [0.5, 0.6) is 0 Å². The lowest BCUT2D eigenvalue weighted by molar-refractivity contribution is 0.258. The van der Waals surface area contributed by atoms with E-state index in [-0.39, 0.29) is 6.03 Å². The van der Waals surface area contributed by atoms with E-state index in [1.54, 1.807) is 25.2 Å². The number of carbonyl (C=O) groups excluding carboxylic acids is 1. The van der Waals surface area contributed by atoms with Crippen molar-refractivity contribution in [2.24, 2.45) is 0 Å². The van der Waals surface area contributed by atoms with E-state index in [0.717, 1.165) is 15.9 Å². The van der Waals surface area contributed by atoms with E-state index in [2.05, 4.69) is 15.1 Å². The lowest BCUT2D eigenvalue weighted by Gasteiger charge is -2.16. The van der Waals surface area contributed by atoms with Crippen molar-refractivity contribution >= 4 is 44.1 Å². The monoisotopic (exact) mass is 308 g/mol. The number of carbonyl (C=O) groups is 1. The summed E-state index contributed by atoms with van der Waals surface area (Å²) in [5, 5.41) is 3.30. The van der Waals surface area contributed by atoms with Gasteiger partial charge in [0.1, 0.15) is 0 Å². The zero-order chi connectivity index (χ0) is 15.5. The molecule has 0 spiro atoms. The van der Waals surface area contributed by atoms with Crippen LogP contribution >= 0.6 is 11.3 Å². The second-order valence-corrected chi connectivity index (χ2v) is 5.64. The quantitative estimate of drug-likeness (QED) is 0.708. The van der Waals surface area contributed by atoms with Crippen molar-refractivity contribution in [1.82, 2.24) is 4.98 Å². The summed E-state index contributed by atoms with van der Waals surface area (Å²) in [7, 11) is 1.70. The number of para-hydroxylation sites is 1. The molecule has 3 aromatic rings. The summed E-state index contributed by atoms with van der Waals surface area (Å²) in [5.74, 6) is 0. The van der Waals surface area contributed by atoms with Crippen molar-refractivity contribution in [3.63, 3.8) is 0 Å². The average Bonchev–Trinajstić information content (AvgIpc) is 2.95. The van der Waals surface area contributed by atoms with Crippen molar-refractivity contribution in [3.05, 3.63) is 59.9 Å². The number of fused-ring (bicyclic) bond motifs is 1. The molecule has 2 amide bonds. The Bertz CT molecular complexity index is 867. The minimum Gasteiger partial charge on any atom is -0.297 e.